The molecule has 0 saturated heterocycles. The molecule has 2 aromatic rings. The van der Waals surface area contributed by atoms with E-state index in [1.807, 2.05) is 0 Å². The summed E-state index contributed by atoms with van der Waals surface area (Å²) in [5.74, 6) is 1.10. The van der Waals surface area contributed by atoms with Crippen LogP contribution in [0.3, 0.4) is 0 Å². The minimum absolute atomic E-state index is 0.286. The van der Waals surface area contributed by atoms with E-state index in [4.69, 9.17) is 11.6 Å². The van der Waals surface area contributed by atoms with Gasteiger partial charge in [0.1, 0.15) is 17.3 Å². The molecule has 19 heavy (non-hydrogen) atoms. The Bertz CT molecular complexity index is 550. The number of hydrogen-bond donors (Lipinski definition) is 1. The molecule has 1 heterocycles. The van der Waals surface area contributed by atoms with Crippen LogP contribution in [0.4, 0.5) is 5.82 Å². The highest BCUT2D eigenvalue weighted by molar-refractivity contribution is 6.30. The maximum Gasteiger partial charge on any atom is 0.138 e. The minimum Gasteiger partial charge on any atom is -0.366 e. The van der Waals surface area contributed by atoms with E-state index in [-0.39, 0.29) is 5.92 Å². The Hall–Kier alpha value is -1.61. The van der Waals surface area contributed by atoms with Gasteiger partial charge in [-0.25, -0.2) is 9.97 Å². The first-order valence-corrected chi connectivity index (χ1v) is 6.75. The number of hydrogen-bond acceptors (Lipinski definition) is 3. The van der Waals surface area contributed by atoms with Crippen LogP contribution in [0.15, 0.2) is 30.6 Å². The third-order valence-corrected chi connectivity index (χ3v) is 3.29. The van der Waals surface area contributed by atoms with Gasteiger partial charge in [0.15, 0.2) is 0 Å². The molecule has 0 aliphatic carbocycles. The lowest BCUT2D eigenvalue weighted by Gasteiger charge is -2.14. The van der Waals surface area contributed by atoms with E-state index in [0.717, 1.165) is 17.9 Å². The topological polar surface area (TPSA) is 37.8 Å². The van der Waals surface area contributed by atoms with E-state index in [2.05, 4.69) is 60.3 Å². The average Bonchev–Trinajstić information content (AvgIpc) is 2.37. The smallest absolute Gasteiger partial charge is 0.138 e. The van der Waals surface area contributed by atoms with Crippen LogP contribution in [0, 0.1) is 6.92 Å². The van der Waals surface area contributed by atoms with E-state index in [9.17, 15) is 0 Å². The number of aryl methyl sites for hydroxylation is 1. The van der Waals surface area contributed by atoms with Crippen molar-refractivity contribution in [2.24, 2.45) is 0 Å². The molecule has 0 aliphatic heterocycles. The SMILES string of the molecule is Cc1ccc(CNc2ncnc(Cl)c2C(C)C)cc1. The van der Waals surface area contributed by atoms with E-state index < -0.39 is 0 Å². The molecule has 1 N–H and O–H groups in total. The molecule has 4 heteroatoms. The van der Waals surface area contributed by atoms with Gasteiger partial charge in [0.2, 0.25) is 0 Å². The highest BCUT2D eigenvalue weighted by Gasteiger charge is 2.13. The number of nitrogens with zero attached hydrogens (tertiary/aromatic N) is 2. The van der Waals surface area contributed by atoms with E-state index in [1.54, 1.807) is 0 Å². The van der Waals surface area contributed by atoms with Crippen LogP contribution in [0.5, 0.6) is 0 Å². The van der Waals surface area contributed by atoms with Gasteiger partial charge in [-0.15, -0.1) is 0 Å². The second kappa shape index (κ2) is 6.02. The van der Waals surface area contributed by atoms with Crippen molar-refractivity contribution in [2.75, 3.05) is 5.32 Å². The van der Waals surface area contributed by atoms with Crippen LogP contribution in [0.1, 0.15) is 36.5 Å². The summed E-state index contributed by atoms with van der Waals surface area (Å²) in [6, 6.07) is 8.43. The maximum atomic E-state index is 6.14. The second-order valence-electron chi connectivity index (χ2n) is 4.92. The zero-order valence-corrected chi connectivity index (χ0v) is 12.2. The van der Waals surface area contributed by atoms with Crippen molar-refractivity contribution in [1.29, 1.82) is 0 Å². The molecule has 0 spiro atoms. The monoisotopic (exact) mass is 275 g/mol. The van der Waals surface area contributed by atoms with Gasteiger partial charge >= 0.3 is 0 Å². The molecule has 2 rings (SSSR count). The lowest BCUT2D eigenvalue weighted by molar-refractivity contribution is 0.844. The maximum absolute atomic E-state index is 6.14. The van der Waals surface area contributed by atoms with Crippen molar-refractivity contribution in [1.82, 2.24) is 9.97 Å². The van der Waals surface area contributed by atoms with E-state index in [1.165, 1.54) is 17.5 Å². The van der Waals surface area contributed by atoms with Gasteiger partial charge in [-0.05, 0) is 18.4 Å². The highest BCUT2D eigenvalue weighted by atomic mass is 35.5. The van der Waals surface area contributed by atoms with Gasteiger partial charge in [0, 0.05) is 12.1 Å². The van der Waals surface area contributed by atoms with Crippen LogP contribution in [-0.4, -0.2) is 9.97 Å². The number of rotatable bonds is 4. The standard InChI is InChI=1S/C15H18ClN3/c1-10(2)13-14(16)18-9-19-15(13)17-8-12-6-4-11(3)5-7-12/h4-7,9-10H,8H2,1-3H3,(H,17,18,19). The van der Waals surface area contributed by atoms with Crippen molar-refractivity contribution < 1.29 is 0 Å². The molecule has 0 amide bonds. The number of nitrogens with one attached hydrogen (secondary N) is 1. The predicted molar refractivity (Wildman–Crippen MR) is 79.6 cm³/mol. The third kappa shape index (κ3) is 3.44. The summed E-state index contributed by atoms with van der Waals surface area (Å²) in [6.07, 6.45) is 1.49. The van der Waals surface area contributed by atoms with Crippen molar-refractivity contribution in [3.8, 4) is 0 Å². The molecule has 0 aliphatic rings. The Morgan fingerprint density at radius 1 is 1.16 bits per heavy atom. The van der Waals surface area contributed by atoms with Gasteiger partial charge in [-0.1, -0.05) is 55.3 Å². The Kier molecular flexibility index (Phi) is 4.38. The van der Waals surface area contributed by atoms with Crippen molar-refractivity contribution in [3.63, 3.8) is 0 Å². The lowest BCUT2D eigenvalue weighted by atomic mass is 10.1. The summed E-state index contributed by atoms with van der Waals surface area (Å²) in [7, 11) is 0. The first-order valence-electron chi connectivity index (χ1n) is 6.37. The molecular formula is C15H18ClN3. The molecule has 0 atom stereocenters. The summed E-state index contributed by atoms with van der Waals surface area (Å²) in [5.41, 5.74) is 3.45. The van der Waals surface area contributed by atoms with Crippen molar-refractivity contribution in [3.05, 3.63) is 52.4 Å². The van der Waals surface area contributed by atoms with Gasteiger partial charge in [-0.2, -0.15) is 0 Å². The Morgan fingerprint density at radius 2 is 1.84 bits per heavy atom. The molecule has 0 fully saturated rings. The molecule has 0 radical (unpaired) electrons. The van der Waals surface area contributed by atoms with Crippen molar-refractivity contribution >= 4 is 17.4 Å². The fraction of sp³-hybridized carbons (Fsp3) is 0.333. The molecular weight excluding hydrogens is 258 g/mol. The molecule has 0 unspecified atom stereocenters. The fourth-order valence-electron chi connectivity index (χ4n) is 1.92. The van der Waals surface area contributed by atoms with Crippen molar-refractivity contribution in [2.45, 2.75) is 33.2 Å². The Labute approximate surface area is 119 Å². The third-order valence-electron chi connectivity index (χ3n) is 2.99. The first-order chi connectivity index (χ1) is 9.08. The predicted octanol–water partition coefficient (Wildman–Crippen LogP) is 4.17. The lowest BCUT2D eigenvalue weighted by Crippen LogP contribution is -2.07. The van der Waals surface area contributed by atoms with Gasteiger partial charge < -0.3 is 5.32 Å². The molecule has 3 nitrogen and oxygen atoms in total. The summed E-state index contributed by atoms with van der Waals surface area (Å²) < 4.78 is 0. The van der Waals surface area contributed by atoms with Gasteiger partial charge in [0.25, 0.3) is 0 Å². The minimum atomic E-state index is 0.286. The molecule has 100 valence electrons. The van der Waals surface area contributed by atoms with Gasteiger partial charge in [0.05, 0.1) is 0 Å². The molecule has 1 aromatic heterocycles. The number of halogens is 1. The van der Waals surface area contributed by atoms with Crippen LogP contribution >= 0.6 is 11.6 Å². The van der Waals surface area contributed by atoms with Crippen LogP contribution in [0.25, 0.3) is 0 Å². The summed E-state index contributed by atoms with van der Waals surface area (Å²) in [4.78, 5) is 8.33. The zero-order valence-electron chi connectivity index (χ0n) is 11.4. The van der Waals surface area contributed by atoms with Crippen LogP contribution in [-0.2, 0) is 6.54 Å². The summed E-state index contributed by atoms with van der Waals surface area (Å²) in [6.45, 7) is 6.98. The van der Waals surface area contributed by atoms with Crippen LogP contribution < -0.4 is 5.32 Å². The van der Waals surface area contributed by atoms with E-state index in [0.29, 0.717) is 5.15 Å². The fourth-order valence-corrected chi connectivity index (χ4v) is 2.27. The Morgan fingerprint density at radius 3 is 2.47 bits per heavy atom. The number of benzene rings is 1. The summed E-state index contributed by atoms with van der Waals surface area (Å²) >= 11 is 6.14. The van der Waals surface area contributed by atoms with Crippen LogP contribution in [0.2, 0.25) is 5.15 Å². The largest absolute Gasteiger partial charge is 0.366 e. The molecule has 1 aromatic carbocycles. The highest BCUT2D eigenvalue weighted by Crippen LogP contribution is 2.28. The molecule has 0 bridgehead atoms. The summed E-state index contributed by atoms with van der Waals surface area (Å²) in [5, 5.41) is 3.86. The average molecular weight is 276 g/mol. The first kappa shape index (κ1) is 13.8. The number of aromatic nitrogens is 2. The normalized spacial score (nSPS) is 10.8. The zero-order chi connectivity index (χ0) is 13.8. The second-order valence-corrected chi connectivity index (χ2v) is 5.28. The van der Waals surface area contributed by atoms with E-state index >= 15 is 0 Å². The molecule has 0 saturated carbocycles. The van der Waals surface area contributed by atoms with Gasteiger partial charge in [-0.3, -0.25) is 0 Å². The Balaban J connectivity index is 2.15. The quantitative estimate of drug-likeness (QED) is 0.851. The number of anilines is 1.